The minimum absolute atomic E-state index is 0.0112. The number of hydrogen-bond acceptors (Lipinski definition) is 5. The summed E-state index contributed by atoms with van der Waals surface area (Å²) in [5, 5.41) is 14.4. The molecule has 92 valence electrons. The Morgan fingerprint density at radius 2 is 2.28 bits per heavy atom. The fourth-order valence-corrected chi connectivity index (χ4v) is 2.55. The summed E-state index contributed by atoms with van der Waals surface area (Å²) in [6, 6.07) is 7.91. The number of fused-ring (bicyclic) bond motifs is 4. The maximum absolute atomic E-state index is 8.70. The van der Waals surface area contributed by atoms with Crippen LogP contribution in [0.1, 0.15) is 25.5 Å². The molecule has 2 aliphatic heterocycles. The van der Waals surface area contributed by atoms with E-state index in [1.165, 1.54) is 0 Å². The number of ether oxygens (including phenoxy) is 1. The molecule has 0 saturated carbocycles. The zero-order valence-electron chi connectivity index (χ0n) is 10.3. The lowest BCUT2D eigenvalue weighted by atomic mass is 9.83. The van der Waals surface area contributed by atoms with Gasteiger partial charge in [-0.05, 0) is 13.0 Å². The third-order valence-electron chi connectivity index (χ3n) is 3.71. The molecule has 1 aromatic carbocycles. The zero-order valence-corrected chi connectivity index (χ0v) is 10.3. The first-order chi connectivity index (χ1) is 8.64. The molecule has 0 aliphatic carbocycles. The molecule has 3 atom stereocenters. The smallest absolute Gasteiger partial charge is 0.208 e. The molecule has 0 aromatic heterocycles. The predicted octanol–water partition coefficient (Wildman–Crippen LogP) is 1.50. The van der Waals surface area contributed by atoms with Crippen LogP contribution in [0.4, 0.5) is 0 Å². The van der Waals surface area contributed by atoms with Crippen molar-refractivity contribution in [3.63, 3.8) is 0 Å². The van der Waals surface area contributed by atoms with E-state index in [1.54, 1.807) is 0 Å². The second kappa shape index (κ2) is 3.64. The predicted molar refractivity (Wildman–Crippen MR) is 66.7 cm³/mol. The maximum Gasteiger partial charge on any atom is 0.208 e. The van der Waals surface area contributed by atoms with Crippen molar-refractivity contribution in [2.75, 3.05) is 0 Å². The van der Waals surface area contributed by atoms with Gasteiger partial charge in [-0.25, -0.2) is 4.99 Å². The van der Waals surface area contributed by atoms with Gasteiger partial charge in [0.05, 0.1) is 6.04 Å². The first-order valence-electron chi connectivity index (χ1n) is 5.93. The van der Waals surface area contributed by atoms with Crippen LogP contribution in [0.5, 0.6) is 5.75 Å². The first-order valence-corrected chi connectivity index (χ1v) is 5.93. The highest BCUT2D eigenvalue weighted by molar-refractivity contribution is 5.83. The molecule has 0 amide bonds. The van der Waals surface area contributed by atoms with E-state index in [9.17, 15) is 0 Å². The van der Waals surface area contributed by atoms with Crippen molar-refractivity contribution in [1.82, 2.24) is 10.6 Å². The molecule has 2 aliphatic rings. The highest BCUT2D eigenvalue weighted by Gasteiger charge is 2.47. The number of nitriles is 1. The third kappa shape index (κ3) is 1.42. The molecule has 2 bridgehead atoms. The van der Waals surface area contributed by atoms with Crippen molar-refractivity contribution in [3.05, 3.63) is 29.8 Å². The Labute approximate surface area is 105 Å². The van der Waals surface area contributed by atoms with E-state index >= 15 is 0 Å². The summed E-state index contributed by atoms with van der Waals surface area (Å²) in [6.45, 7) is 4.08. The van der Waals surface area contributed by atoms with E-state index in [-0.39, 0.29) is 12.0 Å². The van der Waals surface area contributed by atoms with Crippen LogP contribution in [0.2, 0.25) is 0 Å². The number of nitrogens with one attached hydrogen (secondary N) is 2. The van der Waals surface area contributed by atoms with E-state index in [2.05, 4.69) is 22.5 Å². The minimum Gasteiger partial charge on any atom is -0.468 e. The van der Waals surface area contributed by atoms with Crippen molar-refractivity contribution >= 4 is 5.96 Å². The van der Waals surface area contributed by atoms with Crippen LogP contribution in [0.3, 0.4) is 0 Å². The number of aliphatic imine (C=N–C) groups is 1. The summed E-state index contributed by atoms with van der Waals surface area (Å²) in [5.74, 6) is 1.52. The van der Waals surface area contributed by atoms with Crippen LogP contribution in [0.25, 0.3) is 0 Å². The van der Waals surface area contributed by atoms with Gasteiger partial charge in [-0.2, -0.15) is 5.26 Å². The summed E-state index contributed by atoms with van der Waals surface area (Å²) < 4.78 is 6.04. The van der Waals surface area contributed by atoms with Crippen molar-refractivity contribution in [3.8, 4) is 11.9 Å². The van der Waals surface area contributed by atoms with Crippen LogP contribution in [0.15, 0.2) is 29.3 Å². The quantitative estimate of drug-likeness (QED) is 0.534. The molecule has 2 heterocycles. The van der Waals surface area contributed by atoms with Crippen LogP contribution in [-0.2, 0) is 0 Å². The number of guanidine groups is 1. The Morgan fingerprint density at radius 3 is 3.06 bits per heavy atom. The standard InChI is InChI=1S/C13H14N4O/c1-8-11-9-5-3-4-6-10(9)18-13(8,2)17-12(16-11)15-7-14/h3-6,8,11H,1-2H3,(H2,15,16,17)/t8-,11+,13+/m0/s1. The molecule has 0 unspecified atom stereocenters. The van der Waals surface area contributed by atoms with E-state index < -0.39 is 5.72 Å². The molecule has 5 heteroatoms. The fraction of sp³-hybridized carbons (Fsp3) is 0.385. The average Bonchev–Trinajstić information content (AvgIpc) is 2.33. The Balaban J connectivity index is 2.12. The molecule has 5 nitrogen and oxygen atoms in total. The van der Waals surface area contributed by atoms with Crippen LogP contribution in [-0.4, -0.2) is 11.7 Å². The summed E-state index contributed by atoms with van der Waals surface area (Å²) in [6.07, 6.45) is 1.88. The van der Waals surface area contributed by atoms with Crippen molar-refractivity contribution in [2.24, 2.45) is 10.9 Å². The summed E-state index contributed by atoms with van der Waals surface area (Å²) in [4.78, 5) is 4.55. The molecule has 0 fully saturated rings. The van der Waals surface area contributed by atoms with Crippen LogP contribution < -0.4 is 15.4 Å². The fourth-order valence-electron chi connectivity index (χ4n) is 2.55. The van der Waals surface area contributed by atoms with E-state index in [0.717, 1.165) is 11.3 Å². The lowest BCUT2D eigenvalue weighted by Gasteiger charge is -2.47. The third-order valence-corrected chi connectivity index (χ3v) is 3.71. The number of rotatable bonds is 0. The number of para-hydroxylation sites is 1. The number of nitrogens with zero attached hydrogens (tertiary/aromatic N) is 2. The Morgan fingerprint density at radius 1 is 1.50 bits per heavy atom. The molecule has 0 spiro atoms. The zero-order chi connectivity index (χ0) is 12.8. The Hall–Kier alpha value is -2.22. The lowest BCUT2D eigenvalue weighted by molar-refractivity contribution is -0.0186. The maximum atomic E-state index is 8.70. The number of hydrogen-bond donors (Lipinski definition) is 2. The van der Waals surface area contributed by atoms with Crippen LogP contribution >= 0.6 is 0 Å². The molecule has 1 aromatic rings. The molecular weight excluding hydrogens is 228 g/mol. The highest BCUT2D eigenvalue weighted by Crippen LogP contribution is 2.46. The van der Waals surface area contributed by atoms with Gasteiger partial charge < -0.3 is 10.1 Å². The molecule has 2 N–H and O–H groups in total. The second-order valence-corrected chi connectivity index (χ2v) is 4.82. The van der Waals surface area contributed by atoms with Gasteiger partial charge in [0.25, 0.3) is 0 Å². The van der Waals surface area contributed by atoms with Gasteiger partial charge in [-0.3, -0.25) is 5.32 Å². The summed E-state index contributed by atoms with van der Waals surface area (Å²) >= 11 is 0. The van der Waals surface area contributed by atoms with Gasteiger partial charge in [-0.1, -0.05) is 25.1 Å². The Kier molecular flexibility index (Phi) is 2.20. The largest absolute Gasteiger partial charge is 0.468 e. The van der Waals surface area contributed by atoms with Gasteiger partial charge in [0.1, 0.15) is 5.75 Å². The van der Waals surface area contributed by atoms with Gasteiger partial charge in [0.15, 0.2) is 11.9 Å². The topological polar surface area (TPSA) is 69.4 Å². The molecule has 0 radical (unpaired) electrons. The molecule has 18 heavy (non-hydrogen) atoms. The molecule has 3 rings (SSSR count). The van der Waals surface area contributed by atoms with Crippen LogP contribution in [0, 0.1) is 17.4 Å². The summed E-state index contributed by atoms with van der Waals surface area (Å²) in [7, 11) is 0. The van der Waals surface area contributed by atoms with E-state index in [4.69, 9.17) is 10.00 Å². The lowest BCUT2D eigenvalue weighted by Crippen LogP contribution is -2.63. The summed E-state index contributed by atoms with van der Waals surface area (Å²) in [5.41, 5.74) is 0.529. The molecular formula is C13H14N4O. The average molecular weight is 242 g/mol. The number of benzene rings is 1. The first kappa shape index (κ1) is 10.9. The van der Waals surface area contributed by atoms with E-state index in [1.807, 2.05) is 37.4 Å². The SMILES string of the molecule is C[C@H]1[C@H]2N=C(NC#N)N[C@]1(C)Oc1ccccc12. The highest BCUT2D eigenvalue weighted by atomic mass is 16.5. The molecule has 0 saturated heterocycles. The van der Waals surface area contributed by atoms with Gasteiger partial charge in [0.2, 0.25) is 5.96 Å². The monoisotopic (exact) mass is 242 g/mol. The van der Waals surface area contributed by atoms with E-state index in [0.29, 0.717) is 5.96 Å². The van der Waals surface area contributed by atoms with Crippen molar-refractivity contribution in [2.45, 2.75) is 25.6 Å². The second-order valence-electron chi connectivity index (χ2n) is 4.82. The Bertz CT molecular complexity index is 562. The van der Waals surface area contributed by atoms with Crippen molar-refractivity contribution in [1.29, 1.82) is 5.26 Å². The normalized spacial score (nSPS) is 32.2. The minimum atomic E-state index is -0.542. The van der Waals surface area contributed by atoms with Crippen molar-refractivity contribution < 1.29 is 4.74 Å². The van der Waals surface area contributed by atoms with Gasteiger partial charge in [-0.15, -0.1) is 0 Å². The van der Waals surface area contributed by atoms with Gasteiger partial charge >= 0.3 is 0 Å². The van der Waals surface area contributed by atoms with Gasteiger partial charge in [0, 0.05) is 11.5 Å².